The summed E-state index contributed by atoms with van der Waals surface area (Å²) in [6.07, 6.45) is 2.01. The Balaban J connectivity index is 1.72. The first-order valence-corrected chi connectivity index (χ1v) is 12.9. The molecule has 1 amide bonds. The molecule has 1 aliphatic carbocycles. The number of aliphatic carboxylic acids is 1. The van der Waals surface area contributed by atoms with Gasteiger partial charge in [0.05, 0.1) is 36.9 Å². The molecule has 1 fully saturated rings. The summed E-state index contributed by atoms with van der Waals surface area (Å²) >= 11 is 0. The molecule has 3 aromatic rings. The molecule has 202 valence electrons. The predicted octanol–water partition coefficient (Wildman–Crippen LogP) is 4.99. The molecule has 0 radical (unpaired) electrons. The van der Waals surface area contributed by atoms with Crippen LogP contribution in [0, 0.1) is 11.7 Å². The number of hydrogen-bond acceptors (Lipinski definition) is 6. The smallest absolute Gasteiger partial charge is 0.414 e. The van der Waals surface area contributed by atoms with Crippen molar-refractivity contribution in [1.29, 1.82) is 0 Å². The number of carbonyl (C=O) groups excluding carboxylic acids is 1. The average molecular weight is 526 g/mol. The minimum atomic E-state index is -1.33. The number of hydrogen-bond donors (Lipinski definition) is 2. The van der Waals surface area contributed by atoms with Crippen molar-refractivity contribution in [1.82, 2.24) is 9.55 Å². The summed E-state index contributed by atoms with van der Waals surface area (Å²) in [4.78, 5) is 31.0. The van der Waals surface area contributed by atoms with Crippen LogP contribution in [0.2, 0.25) is 0 Å². The van der Waals surface area contributed by atoms with Crippen LogP contribution in [0.3, 0.4) is 0 Å². The Morgan fingerprint density at radius 1 is 1.16 bits per heavy atom. The SMILES string of the molecule is COC(=O)N1c2ccc3c(nc(C(O)c4cc(F)ccc4OC)n3C3CCCC(C(=O)O)C3)c2CC[C@H]1C. The van der Waals surface area contributed by atoms with Gasteiger partial charge in [0.15, 0.2) is 0 Å². The predicted molar refractivity (Wildman–Crippen MR) is 138 cm³/mol. The van der Waals surface area contributed by atoms with E-state index < -0.39 is 29.9 Å². The number of aryl methyl sites for hydroxylation is 1. The van der Waals surface area contributed by atoms with Crippen LogP contribution in [-0.4, -0.2) is 52.1 Å². The second-order valence-electron chi connectivity index (χ2n) is 10.1. The number of halogens is 1. The highest BCUT2D eigenvalue weighted by atomic mass is 19.1. The summed E-state index contributed by atoms with van der Waals surface area (Å²) in [6.45, 7) is 1.96. The van der Waals surface area contributed by atoms with Crippen LogP contribution < -0.4 is 9.64 Å². The molecule has 1 aromatic heterocycles. The highest BCUT2D eigenvalue weighted by Crippen LogP contribution is 2.43. The molecule has 0 bridgehead atoms. The van der Waals surface area contributed by atoms with Crippen LogP contribution in [0.25, 0.3) is 11.0 Å². The number of carboxylic acid groups (broad SMARTS) is 1. The van der Waals surface area contributed by atoms with E-state index in [9.17, 15) is 24.2 Å². The number of methoxy groups -OCH3 is 2. The van der Waals surface area contributed by atoms with Gasteiger partial charge in [-0.25, -0.2) is 14.2 Å². The van der Waals surface area contributed by atoms with Crippen molar-refractivity contribution < 1.29 is 33.7 Å². The van der Waals surface area contributed by atoms with Gasteiger partial charge in [0.1, 0.15) is 23.5 Å². The zero-order valence-corrected chi connectivity index (χ0v) is 21.7. The van der Waals surface area contributed by atoms with Gasteiger partial charge in [0.25, 0.3) is 0 Å². The Kier molecular flexibility index (Phi) is 7.00. The third kappa shape index (κ3) is 4.36. The molecule has 2 heterocycles. The number of aromatic nitrogens is 2. The van der Waals surface area contributed by atoms with Crippen molar-refractivity contribution in [2.24, 2.45) is 5.92 Å². The van der Waals surface area contributed by atoms with Crippen molar-refractivity contribution >= 4 is 28.8 Å². The van der Waals surface area contributed by atoms with Crippen molar-refractivity contribution in [3.05, 3.63) is 53.1 Å². The van der Waals surface area contributed by atoms with E-state index in [-0.39, 0.29) is 23.5 Å². The number of amides is 1. The third-order valence-electron chi connectivity index (χ3n) is 7.94. The Hall–Kier alpha value is -3.66. The number of carboxylic acids is 1. The molecule has 4 atom stereocenters. The molecule has 2 aliphatic rings. The quantitative estimate of drug-likeness (QED) is 0.482. The lowest BCUT2D eigenvalue weighted by molar-refractivity contribution is -0.143. The summed E-state index contributed by atoms with van der Waals surface area (Å²) in [6, 6.07) is 7.37. The Morgan fingerprint density at radius 2 is 1.95 bits per heavy atom. The Morgan fingerprint density at radius 3 is 2.66 bits per heavy atom. The molecular formula is C28H32FN3O6. The largest absolute Gasteiger partial charge is 0.496 e. The summed E-state index contributed by atoms with van der Waals surface area (Å²) in [5.41, 5.74) is 3.15. The van der Waals surface area contributed by atoms with Crippen LogP contribution >= 0.6 is 0 Å². The van der Waals surface area contributed by atoms with E-state index in [2.05, 4.69) is 0 Å². The van der Waals surface area contributed by atoms with E-state index in [0.717, 1.165) is 23.9 Å². The maximum absolute atomic E-state index is 14.3. The fourth-order valence-electron chi connectivity index (χ4n) is 6.05. The standard InChI is InChI=1S/C28H32FN3O6/c1-15-7-9-19-21(31(15)28(36)38-3)10-11-22-24(19)30-26(25(33)20-14-17(29)8-12-23(20)37-2)32(22)18-6-4-5-16(13-18)27(34)35/h8,10-12,14-16,18,25,33H,4-7,9,13H2,1-3H3,(H,34,35)/t15-,16?,18?,25?/m1/s1. The van der Waals surface area contributed by atoms with Crippen LogP contribution in [-0.2, 0) is 16.0 Å². The second kappa shape index (κ2) is 10.2. The molecule has 2 aromatic carbocycles. The first kappa shape index (κ1) is 26.0. The zero-order valence-electron chi connectivity index (χ0n) is 21.7. The van der Waals surface area contributed by atoms with Crippen molar-refractivity contribution in [2.45, 2.75) is 63.6 Å². The minimum absolute atomic E-state index is 0.0641. The summed E-state index contributed by atoms with van der Waals surface area (Å²) in [5, 5.41) is 21.3. The number of fused-ring (bicyclic) bond motifs is 3. The van der Waals surface area contributed by atoms with Gasteiger partial charge in [-0.15, -0.1) is 0 Å². The third-order valence-corrected chi connectivity index (χ3v) is 7.94. The number of aliphatic hydroxyl groups excluding tert-OH is 1. The normalized spacial score (nSPS) is 22.1. The number of rotatable bonds is 5. The molecule has 1 aliphatic heterocycles. The number of nitrogens with zero attached hydrogens (tertiary/aromatic N) is 3. The van der Waals surface area contributed by atoms with Gasteiger partial charge in [-0.1, -0.05) is 6.42 Å². The first-order valence-electron chi connectivity index (χ1n) is 12.9. The second-order valence-corrected chi connectivity index (χ2v) is 10.1. The first-order chi connectivity index (χ1) is 18.2. The van der Waals surface area contributed by atoms with Crippen molar-refractivity contribution in [3.63, 3.8) is 0 Å². The monoisotopic (exact) mass is 525 g/mol. The molecule has 3 unspecified atom stereocenters. The van der Waals surface area contributed by atoms with E-state index in [1.165, 1.54) is 32.4 Å². The zero-order chi connectivity index (χ0) is 27.1. The molecular weight excluding hydrogens is 493 g/mol. The fraction of sp³-hybridized carbons (Fsp3) is 0.464. The lowest BCUT2D eigenvalue weighted by atomic mass is 9.85. The van der Waals surface area contributed by atoms with Gasteiger partial charge in [0, 0.05) is 23.2 Å². The maximum atomic E-state index is 14.3. The molecule has 9 nitrogen and oxygen atoms in total. The minimum Gasteiger partial charge on any atom is -0.496 e. The van der Waals surface area contributed by atoms with Crippen molar-refractivity contribution in [3.8, 4) is 5.75 Å². The lowest BCUT2D eigenvalue weighted by Gasteiger charge is -2.34. The average Bonchev–Trinajstić information content (AvgIpc) is 3.32. The number of benzene rings is 2. The van der Waals surface area contributed by atoms with Crippen LogP contribution in [0.4, 0.5) is 14.9 Å². The highest BCUT2D eigenvalue weighted by Gasteiger charge is 2.36. The van der Waals surface area contributed by atoms with Gasteiger partial charge in [-0.05, 0) is 69.4 Å². The van der Waals surface area contributed by atoms with Gasteiger partial charge in [0.2, 0.25) is 0 Å². The van der Waals surface area contributed by atoms with E-state index in [0.29, 0.717) is 42.6 Å². The van der Waals surface area contributed by atoms with E-state index >= 15 is 0 Å². The molecule has 38 heavy (non-hydrogen) atoms. The molecule has 10 heteroatoms. The number of imidazole rings is 1. The van der Waals surface area contributed by atoms with Gasteiger partial charge >= 0.3 is 12.1 Å². The number of aliphatic hydroxyl groups is 1. The topological polar surface area (TPSA) is 114 Å². The fourth-order valence-corrected chi connectivity index (χ4v) is 6.05. The molecule has 1 saturated carbocycles. The Labute approximate surface area is 219 Å². The van der Waals surface area contributed by atoms with Crippen LogP contribution in [0.5, 0.6) is 5.75 Å². The highest BCUT2D eigenvalue weighted by molar-refractivity contribution is 5.95. The van der Waals surface area contributed by atoms with Crippen molar-refractivity contribution in [2.75, 3.05) is 19.1 Å². The molecule has 5 rings (SSSR count). The number of anilines is 1. The number of carbonyl (C=O) groups is 2. The van der Waals surface area contributed by atoms with Gasteiger partial charge < -0.3 is 24.3 Å². The van der Waals surface area contributed by atoms with Gasteiger partial charge in [-0.2, -0.15) is 0 Å². The lowest BCUT2D eigenvalue weighted by Crippen LogP contribution is -2.42. The number of ether oxygens (including phenoxy) is 2. The van der Waals surface area contributed by atoms with E-state index in [1.54, 1.807) is 4.90 Å². The summed E-state index contributed by atoms with van der Waals surface area (Å²) < 4.78 is 26.6. The Bertz CT molecular complexity index is 1390. The van der Waals surface area contributed by atoms with E-state index in [4.69, 9.17) is 14.5 Å². The molecule has 0 saturated heterocycles. The van der Waals surface area contributed by atoms with Gasteiger partial charge in [-0.3, -0.25) is 9.69 Å². The van der Waals surface area contributed by atoms with Crippen LogP contribution in [0.15, 0.2) is 30.3 Å². The molecule has 0 spiro atoms. The maximum Gasteiger partial charge on any atom is 0.414 e. The summed E-state index contributed by atoms with van der Waals surface area (Å²) in [7, 11) is 2.79. The summed E-state index contributed by atoms with van der Waals surface area (Å²) in [5.74, 6) is -1.26. The molecule has 2 N–H and O–H groups in total. The van der Waals surface area contributed by atoms with Crippen LogP contribution in [0.1, 0.15) is 68.1 Å². The van der Waals surface area contributed by atoms with E-state index in [1.807, 2.05) is 23.6 Å².